The predicted octanol–water partition coefficient (Wildman–Crippen LogP) is 2.42. The molecule has 4 heteroatoms. The normalized spacial score (nSPS) is 22.1. The summed E-state index contributed by atoms with van der Waals surface area (Å²) >= 11 is 0. The second-order valence-corrected chi connectivity index (χ2v) is 6.76. The van der Waals surface area contributed by atoms with Gasteiger partial charge in [0.05, 0.1) is 0 Å². The number of hydrogen-bond donors (Lipinski definition) is 1. The number of aromatic nitrogens is 2. The van der Waals surface area contributed by atoms with Gasteiger partial charge in [0.25, 0.3) is 0 Å². The molecule has 3 fully saturated rings. The molecule has 4 nitrogen and oxygen atoms in total. The van der Waals surface area contributed by atoms with E-state index in [4.69, 9.17) is 4.98 Å². The molecule has 108 valence electrons. The van der Waals surface area contributed by atoms with Gasteiger partial charge in [-0.25, -0.2) is 9.97 Å². The van der Waals surface area contributed by atoms with Crippen LogP contribution >= 0.6 is 0 Å². The Labute approximate surface area is 121 Å². The number of hydrogen-bond acceptors (Lipinski definition) is 4. The van der Waals surface area contributed by atoms with Gasteiger partial charge >= 0.3 is 0 Å². The van der Waals surface area contributed by atoms with E-state index >= 15 is 0 Å². The number of anilines is 1. The second-order valence-electron chi connectivity index (χ2n) is 6.76. The minimum Gasteiger partial charge on any atom is -0.338 e. The summed E-state index contributed by atoms with van der Waals surface area (Å²) in [5.41, 5.74) is 2.40. The van der Waals surface area contributed by atoms with Gasteiger partial charge in [-0.3, -0.25) is 0 Å². The monoisotopic (exact) mass is 272 g/mol. The molecule has 4 rings (SSSR count). The van der Waals surface area contributed by atoms with Crippen LogP contribution in [0.4, 0.5) is 5.95 Å². The van der Waals surface area contributed by atoms with Crippen LogP contribution in [0.25, 0.3) is 0 Å². The summed E-state index contributed by atoms with van der Waals surface area (Å²) < 4.78 is 0. The fourth-order valence-corrected chi connectivity index (χ4v) is 2.69. The number of aryl methyl sites for hydroxylation is 1. The minimum absolute atomic E-state index is 0.713. The molecule has 0 aromatic carbocycles. The lowest BCUT2D eigenvalue weighted by Gasteiger charge is -2.23. The zero-order valence-corrected chi connectivity index (χ0v) is 12.3. The van der Waals surface area contributed by atoms with Crippen molar-refractivity contribution in [1.82, 2.24) is 15.3 Å². The van der Waals surface area contributed by atoms with E-state index in [1.807, 2.05) is 6.20 Å². The fraction of sp³-hybridized carbons (Fsp3) is 0.750. The molecule has 1 aromatic heterocycles. The standard InChI is InChI=1S/C16H24N4/c1-11-13(8-17-14-4-5-14)9-18-16(19-11)20(15-6-7-15)10-12-2-3-12/h9,12,14-15,17H,2-8,10H2,1H3. The Hall–Kier alpha value is -1.16. The van der Waals surface area contributed by atoms with Gasteiger partial charge in [0, 0.05) is 42.6 Å². The smallest absolute Gasteiger partial charge is 0.225 e. The molecule has 1 aromatic rings. The van der Waals surface area contributed by atoms with Gasteiger partial charge in [-0.05, 0) is 51.4 Å². The van der Waals surface area contributed by atoms with Gasteiger partial charge in [-0.15, -0.1) is 0 Å². The van der Waals surface area contributed by atoms with Crippen LogP contribution < -0.4 is 10.2 Å². The summed E-state index contributed by atoms with van der Waals surface area (Å²) in [5.74, 6) is 1.86. The lowest BCUT2D eigenvalue weighted by Crippen LogP contribution is -2.30. The van der Waals surface area contributed by atoms with Crippen molar-refractivity contribution in [2.24, 2.45) is 5.92 Å². The van der Waals surface area contributed by atoms with Crippen LogP contribution in [-0.2, 0) is 6.54 Å². The van der Waals surface area contributed by atoms with Gasteiger partial charge in [-0.1, -0.05) is 0 Å². The van der Waals surface area contributed by atoms with Crippen LogP contribution in [0.3, 0.4) is 0 Å². The van der Waals surface area contributed by atoms with Gasteiger partial charge < -0.3 is 10.2 Å². The second kappa shape index (κ2) is 4.99. The highest BCUT2D eigenvalue weighted by molar-refractivity contribution is 5.36. The lowest BCUT2D eigenvalue weighted by molar-refractivity contribution is 0.669. The quantitative estimate of drug-likeness (QED) is 0.827. The Morgan fingerprint density at radius 2 is 2.00 bits per heavy atom. The summed E-state index contributed by atoms with van der Waals surface area (Å²) in [6, 6.07) is 1.46. The summed E-state index contributed by atoms with van der Waals surface area (Å²) in [6.45, 7) is 4.21. The number of rotatable bonds is 7. The molecule has 0 amide bonds. The Morgan fingerprint density at radius 3 is 2.60 bits per heavy atom. The molecule has 3 aliphatic carbocycles. The van der Waals surface area contributed by atoms with Crippen molar-refractivity contribution in [2.75, 3.05) is 11.4 Å². The highest BCUT2D eigenvalue weighted by Gasteiger charge is 2.35. The topological polar surface area (TPSA) is 41.1 Å². The van der Waals surface area contributed by atoms with Crippen molar-refractivity contribution in [2.45, 2.75) is 64.1 Å². The number of nitrogens with one attached hydrogen (secondary N) is 1. The first-order chi connectivity index (χ1) is 9.79. The van der Waals surface area contributed by atoms with E-state index in [1.165, 1.54) is 50.6 Å². The Balaban J connectivity index is 1.46. The van der Waals surface area contributed by atoms with Crippen molar-refractivity contribution in [3.8, 4) is 0 Å². The number of nitrogens with zero attached hydrogens (tertiary/aromatic N) is 3. The third-order valence-corrected chi connectivity index (χ3v) is 4.62. The van der Waals surface area contributed by atoms with Crippen LogP contribution in [0.15, 0.2) is 6.20 Å². The van der Waals surface area contributed by atoms with Crippen molar-refractivity contribution in [1.29, 1.82) is 0 Å². The minimum atomic E-state index is 0.713. The molecule has 0 unspecified atom stereocenters. The van der Waals surface area contributed by atoms with E-state index in [9.17, 15) is 0 Å². The van der Waals surface area contributed by atoms with Crippen molar-refractivity contribution in [3.05, 3.63) is 17.5 Å². The summed E-state index contributed by atoms with van der Waals surface area (Å²) in [7, 11) is 0. The van der Waals surface area contributed by atoms with Gasteiger partial charge in [0.2, 0.25) is 5.95 Å². The molecule has 3 aliphatic rings. The van der Waals surface area contributed by atoms with E-state index in [1.54, 1.807) is 0 Å². The van der Waals surface area contributed by atoms with E-state index in [-0.39, 0.29) is 0 Å². The molecular formula is C16H24N4. The first-order valence-corrected chi connectivity index (χ1v) is 8.12. The Kier molecular flexibility index (Phi) is 3.14. The maximum atomic E-state index is 4.79. The average molecular weight is 272 g/mol. The highest BCUT2D eigenvalue weighted by atomic mass is 15.3. The molecule has 1 heterocycles. The van der Waals surface area contributed by atoms with E-state index in [2.05, 4.69) is 22.1 Å². The van der Waals surface area contributed by atoms with Crippen LogP contribution in [0, 0.1) is 12.8 Å². The van der Waals surface area contributed by atoms with Crippen molar-refractivity contribution < 1.29 is 0 Å². The average Bonchev–Trinajstić information content (AvgIpc) is 3.25. The molecule has 0 aliphatic heterocycles. The highest BCUT2D eigenvalue weighted by Crippen LogP contribution is 2.36. The lowest BCUT2D eigenvalue weighted by atomic mass is 10.2. The van der Waals surface area contributed by atoms with Crippen LogP contribution in [-0.4, -0.2) is 28.6 Å². The predicted molar refractivity (Wildman–Crippen MR) is 79.7 cm³/mol. The summed E-state index contributed by atoms with van der Waals surface area (Å²) in [6.07, 6.45) is 10.1. The largest absolute Gasteiger partial charge is 0.338 e. The first kappa shape index (κ1) is 12.6. The third-order valence-electron chi connectivity index (χ3n) is 4.62. The maximum absolute atomic E-state index is 4.79. The van der Waals surface area contributed by atoms with Crippen molar-refractivity contribution >= 4 is 5.95 Å². The Morgan fingerprint density at radius 1 is 1.20 bits per heavy atom. The van der Waals surface area contributed by atoms with Gasteiger partial charge in [-0.2, -0.15) is 0 Å². The maximum Gasteiger partial charge on any atom is 0.225 e. The molecular weight excluding hydrogens is 248 g/mol. The van der Waals surface area contributed by atoms with Gasteiger partial charge in [0.1, 0.15) is 0 Å². The third kappa shape index (κ3) is 2.95. The molecule has 1 N–H and O–H groups in total. The molecule has 0 atom stereocenters. The zero-order chi connectivity index (χ0) is 13.5. The van der Waals surface area contributed by atoms with Crippen LogP contribution in [0.1, 0.15) is 49.8 Å². The van der Waals surface area contributed by atoms with E-state index in [0.717, 1.165) is 30.1 Å². The SMILES string of the molecule is Cc1nc(N(CC2CC2)C2CC2)ncc1CNC1CC1. The van der Waals surface area contributed by atoms with Crippen LogP contribution in [0.5, 0.6) is 0 Å². The molecule has 20 heavy (non-hydrogen) atoms. The molecule has 3 saturated carbocycles. The zero-order valence-electron chi connectivity index (χ0n) is 12.3. The van der Waals surface area contributed by atoms with E-state index in [0.29, 0.717) is 6.04 Å². The molecule has 0 spiro atoms. The molecule has 0 radical (unpaired) electrons. The van der Waals surface area contributed by atoms with E-state index < -0.39 is 0 Å². The van der Waals surface area contributed by atoms with Crippen molar-refractivity contribution in [3.63, 3.8) is 0 Å². The fourth-order valence-electron chi connectivity index (χ4n) is 2.69. The first-order valence-electron chi connectivity index (χ1n) is 8.12. The molecule has 0 saturated heterocycles. The molecule has 0 bridgehead atoms. The summed E-state index contributed by atoms with van der Waals surface area (Å²) in [5, 5.41) is 3.55. The Bertz CT molecular complexity index is 489. The van der Waals surface area contributed by atoms with Crippen LogP contribution in [0.2, 0.25) is 0 Å². The van der Waals surface area contributed by atoms with Gasteiger partial charge in [0.15, 0.2) is 0 Å². The summed E-state index contributed by atoms with van der Waals surface area (Å²) in [4.78, 5) is 11.9.